The van der Waals surface area contributed by atoms with Crippen LogP contribution in [-0.4, -0.2) is 10.9 Å². The average molecular weight is 449 g/mol. The van der Waals surface area contributed by atoms with Crippen molar-refractivity contribution in [1.82, 2.24) is 4.98 Å². The van der Waals surface area contributed by atoms with Crippen LogP contribution >= 0.6 is 23.1 Å². The number of amides is 1. The first kappa shape index (κ1) is 21.3. The van der Waals surface area contributed by atoms with Crippen molar-refractivity contribution in [1.29, 1.82) is 0 Å². The Labute approximate surface area is 189 Å². The van der Waals surface area contributed by atoms with Gasteiger partial charge in [0.25, 0.3) is 0 Å². The molecule has 4 aromatic rings. The van der Waals surface area contributed by atoms with Gasteiger partial charge >= 0.3 is 0 Å². The maximum atomic E-state index is 13.3. The minimum absolute atomic E-state index is 0.0940. The number of hydrogen-bond donors (Lipinski definition) is 1. The van der Waals surface area contributed by atoms with Crippen LogP contribution in [0.4, 0.5) is 10.1 Å². The quantitative estimate of drug-likeness (QED) is 0.322. The highest BCUT2D eigenvalue weighted by atomic mass is 32.2. The smallest absolute Gasteiger partial charge is 0.242 e. The lowest BCUT2D eigenvalue weighted by Gasteiger charge is -2.17. The molecule has 1 aromatic heterocycles. The fourth-order valence-corrected chi connectivity index (χ4v) is 5.15. The number of anilines is 1. The van der Waals surface area contributed by atoms with Crippen LogP contribution in [0.15, 0.2) is 82.5 Å². The van der Waals surface area contributed by atoms with E-state index in [2.05, 4.69) is 10.3 Å². The molecule has 0 saturated heterocycles. The summed E-state index contributed by atoms with van der Waals surface area (Å²) in [7, 11) is 0. The molecule has 1 amide bonds. The van der Waals surface area contributed by atoms with Crippen LogP contribution in [0.5, 0.6) is 0 Å². The lowest BCUT2D eigenvalue weighted by atomic mass is 10.1. The minimum Gasteiger partial charge on any atom is -0.325 e. The lowest BCUT2D eigenvalue weighted by Crippen LogP contribution is -2.19. The molecule has 3 aromatic carbocycles. The first-order valence-corrected chi connectivity index (χ1v) is 11.6. The van der Waals surface area contributed by atoms with Crippen molar-refractivity contribution in [3.8, 4) is 11.3 Å². The molecule has 3 nitrogen and oxygen atoms in total. The third-order valence-corrected chi connectivity index (χ3v) is 7.06. The maximum absolute atomic E-state index is 13.3. The molecular weight excluding hydrogens is 427 g/mol. The van der Waals surface area contributed by atoms with Gasteiger partial charge in [0.2, 0.25) is 5.91 Å². The Hall–Kier alpha value is -2.96. The summed E-state index contributed by atoms with van der Waals surface area (Å²) in [6, 6.07) is 22.0. The van der Waals surface area contributed by atoms with E-state index in [9.17, 15) is 9.18 Å². The number of aromatic nitrogens is 1. The third-order valence-electron chi connectivity index (χ3n) is 4.83. The van der Waals surface area contributed by atoms with Gasteiger partial charge < -0.3 is 5.32 Å². The summed E-state index contributed by atoms with van der Waals surface area (Å²) in [6.45, 7) is 3.99. The molecule has 0 bridgehead atoms. The van der Waals surface area contributed by atoms with Crippen molar-refractivity contribution in [2.75, 3.05) is 5.32 Å². The van der Waals surface area contributed by atoms with Crippen LogP contribution in [0.3, 0.4) is 0 Å². The highest BCUT2D eigenvalue weighted by molar-refractivity contribution is 8.01. The molecule has 0 aliphatic carbocycles. The van der Waals surface area contributed by atoms with E-state index in [1.54, 1.807) is 12.1 Å². The van der Waals surface area contributed by atoms with Crippen LogP contribution in [0.2, 0.25) is 0 Å². The normalized spacial score (nSPS) is 11.8. The zero-order valence-electron chi connectivity index (χ0n) is 17.1. The van der Waals surface area contributed by atoms with Gasteiger partial charge in [-0.1, -0.05) is 54.2 Å². The summed E-state index contributed by atoms with van der Waals surface area (Å²) < 4.78 is 14.0. The first-order valence-electron chi connectivity index (χ1n) is 9.81. The van der Waals surface area contributed by atoms with E-state index in [1.165, 1.54) is 35.2 Å². The SMILES string of the molecule is Cc1ccc(C)c(NC(=O)[C@H](Sc2nc(-c3ccc(F)cc3)cs2)c2ccccc2)c1. The van der Waals surface area contributed by atoms with Gasteiger partial charge in [0, 0.05) is 16.6 Å². The topological polar surface area (TPSA) is 42.0 Å². The number of carbonyl (C=O) groups excluding carboxylic acids is 1. The van der Waals surface area contributed by atoms with E-state index in [-0.39, 0.29) is 11.7 Å². The number of nitrogens with one attached hydrogen (secondary N) is 1. The second-order valence-corrected chi connectivity index (χ2v) is 9.43. The highest BCUT2D eigenvalue weighted by Crippen LogP contribution is 2.39. The molecule has 0 saturated carbocycles. The molecule has 1 atom stereocenters. The molecule has 0 aliphatic heterocycles. The average Bonchev–Trinajstić information content (AvgIpc) is 3.24. The van der Waals surface area contributed by atoms with Crippen molar-refractivity contribution < 1.29 is 9.18 Å². The van der Waals surface area contributed by atoms with Crippen molar-refractivity contribution in [2.24, 2.45) is 0 Å². The van der Waals surface area contributed by atoms with Crippen LogP contribution in [0.1, 0.15) is 21.9 Å². The second kappa shape index (κ2) is 9.45. The molecule has 31 heavy (non-hydrogen) atoms. The number of carbonyl (C=O) groups is 1. The molecule has 0 fully saturated rings. The number of benzene rings is 3. The van der Waals surface area contributed by atoms with Gasteiger partial charge in [-0.15, -0.1) is 11.3 Å². The summed E-state index contributed by atoms with van der Waals surface area (Å²) >= 11 is 2.90. The number of aryl methyl sites for hydroxylation is 2. The van der Waals surface area contributed by atoms with E-state index in [0.29, 0.717) is 0 Å². The molecule has 1 heterocycles. The highest BCUT2D eigenvalue weighted by Gasteiger charge is 2.24. The number of rotatable bonds is 6. The van der Waals surface area contributed by atoms with Crippen LogP contribution in [0.25, 0.3) is 11.3 Å². The van der Waals surface area contributed by atoms with E-state index in [0.717, 1.165) is 38.0 Å². The van der Waals surface area contributed by atoms with Crippen molar-refractivity contribution >= 4 is 34.7 Å². The summed E-state index contributed by atoms with van der Waals surface area (Å²) in [5.74, 6) is -0.371. The number of nitrogens with zero attached hydrogens (tertiary/aromatic N) is 1. The van der Waals surface area contributed by atoms with Gasteiger partial charge in [-0.3, -0.25) is 4.79 Å². The fraction of sp³-hybridized carbons (Fsp3) is 0.120. The van der Waals surface area contributed by atoms with E-state index in [1.807, 2.05) is 67.8 Å². The monoisotopic (exact) mass is 448 g/mol. The fourth-order valence-electron chi connectivity index (χ4n) is 3.14. The predicted molar refractivity (Wildman–Crippen MR) is 127 cm³/mol. The minimum atomic E-state index is -0.451. The van der Waals surface area contributed by atoms with E-state index in [4.69, 9.17) is 0 Å². The third kappa shape index (κ3) is 5.21. The number of thioether (sulfide) groups is 1. The molecule has 4 rings (SSSR count). The summed E-state index contributed by atoms with van der Waals surface area (Å²) in [5, 5.41) is 4.57. The van der Waals surface area contributed by atoms with Crippen molar-refractivity contribution in [3.05, 3.63) is 101 Å². The van der Waals surface area contributed by atoms with Gasteiger partial charge in [-0.05, 0) is 60.9 Å². The largest absolute Gasteiger partial charge is 0.325 e. The Kier molecular flexibility index (Phi) is 6.49. The molecule has 0 aliphatic rings. The van der Waals surface area contributed by atoms with Crippen molar-refractivity contribution in [2.45, 2.75) is 23.4 Å². The molecule has 6 heteroatoms. The Morgan fingerprint density at radius 3 is 2.52 bits per heavy atom. The molecule has 156 valence electrons. The maximum Gasteiger partial charge on any atom is 0.242 e. The van der Waals surface area contributed by atoms with E-state index < -0.39 is 5.25 Å². The van der Waals surface area contributed by atoms with Gasteiger partial charge in [0.05, 0.1) is 5.69 Å². The number of halogens is 1. The molecule has 0 unspecified atom stereocenters. The Morgan fingerprint density at radius 1 is 1.03 bits per heavy atom. The van der Waals surface area contributed by atoms with Crippen LogP contribution in [0, 0.1) is 19.7 Å². The molecule has 1 N–H and O–H groups in total. The number of thiazole rings is 1. The zero-order chi connectivity index (χ0) is 21.8. The summed E-state index contributed by atoms with van der Waals surface area (Å²) in [6.07, 6.45) is 0. The van der Waals surface area contributed by atoms with Crippen LogP contribution < -0.4 is 5.32 Å². The molecule has 0 radical (unpaired) electrons. The Balaban J connectivity index is 1.60. The Morgan fingerprint density at radius 2 is 1.77 bits per heavy atom. The second-order valence-electron chi connectivity index (χ2n) is 7.22. The summed E-state index contributed by atoms with van der Waals surface area (Å²) in [5.41, 5.74) is 5.46. The Bertz CT molecular complexity index is 1190. The van der Waals surface area contributed by atoms with Crippen molar-refractivity contribution in [3.63, 3.8) is 0 Å². The van der Waals surface area contributed by atoms with Crippen LogP contribution in [-0.2, 0) is 4.79 Å². The first-order chi connectivity index (χ1) is 15.0. The van der Waals surface area contributed by atoms with Gasteiger partial charge in [0.15, 0.2) is 4.34 Å². The summed E-state index contributed by atoms with van der Waals surface area (Å²) in [4.78, 5) is 18.0. The predicted octanol–water partition coefficient (Wildman–Crippen LogP) is 7.04. The molecular formula is C25H21FN2OS2. The van der Waals surface area contributed by atoms with Gasteiger partial charge in [-0.25, -0.2) is 9.37 Å². The lowest BCUT2D eigenvalue weighted by molar-refractivity contribution is -0.115. The number of hydrogen-bond acceptors (Lipinski definition) is 4. The molecule has 0 spiro atoms. The van der Waals surface area contributed by atoms with E-state index >= 15 is 0 Å². The van der Waals surface area contributed by atoms with Gasteiger partial charge in [0.1, 0.15) is 11.1 Å². The standard InChI is InChI=1S/C25H21FN2OS2/c1-16-8-9-17(2)21(14-16)27-24(29)23(19-6-4-3-5-7-19)31-25-28-22(15-30-25)18-10-12-20(26)13-11-18/h3-15,23H,1-2H3,(H,27,29)/t23-/m1/s1. The zero-order valence-corrected chi connectivity index (χ0v) is 18.8. The van der Waals surface area contributed by atoms with Gasteiger partial charge in [-0.2, -0.15) is 0 Å².